The van der Waals surface area contributed by atoms with Gasteiger partial charge in [0, 0.05) is 23.4 Å². The van der Waals surface area contributed by atoms with Crippen molar-refractivity contribution in [2.75, 3.05) is 11.4 Å². The number of ketones is 1. The highest BCUT2D eigenvalue weighted by Crippen LogP contribution is 2.30. The van der Waals surface area contributed by atoms with Gasteiger partial charge in [0.05, 0.1) is 0 Å². The maximum atomic E-state index is 13.1. The van der Waals surface area contributed by atoms with Crippen molar-refractivity contribution in [1.82, 2.24) is 0 Å². The van der Waals surface area contributed by atoms with Gasteiger partial charge in [-0.3, -0.25) is 9.59 Å². The molecule has 1 amide bonds. The fraction of sp³-hybridized carbons (Fsp3) is 0.200. The Labute approximate surface area is 165 Å². The summed E-state index contributed by atoms with van der Waals surface area (Å²) < 4.78 is 0. The summed E-state index contributed by atoms with van der Waals surface area (Å²) in [5.41, 5.74) is 6.85. The Hall–Kier alpha value is -3.20. The summed E-state index contributed by atoms with van der Waals surface area (Å²) in [5, 5.41) is 0. The first kappa shape index (κ1) is 18.2. The highest BCUT2D eigenvalue weighted by atomic mass is 16.2. The standard InChI is InChI=1S/C25H23NO2/c1-17-5-7-19(8-6-17)20-9-11-21(12-10-20)25(28)26-15-3-4-23-16-22(18(2)27)13-14-24(23)26/h5-14,16H,3-4,15H2,1-2H3. The van der Waals surface area contributed by atoms with Crippen molar-refractivity contribution in [3.05, 3.63) is 89.0 Å². The average molecular weight is 369 g/mol. The van der Waals surface area contributed by atoms with Crippen LogP contribution in [-0.4, -0.2) is 18.2 Å². The third kappa shape index (κ3) is 3.48. The number of benzene rings is 3. The van der Waals surface area contributed by atoms with Crippen LogP contribution in [0.4, 0.5) is 5.69 Å². The number of nitrogens with zero attached hydrogens (tertiary/aromatic N) is 1. The smallest absolute Gasteiger partial charge is 0.258 e. The maximum Gasteiger partial charge on any atom is 0.258 e. The highest BCUT2D eigenvalue weighted by molar-refractivity contribution is 6.07. The van der Waals surface area contributed by atoms with E-state index in [2.05, 4.69) is 31.2 Å². The number of Topliss-reactive ketones (excluding diaryl/α,β-unsaturated/α-hetero) is 1. The Bertz CT molecular complexity index is 1030. The van der Waals surface area contributed by atoms with Crippen molar-refractivity contribution in [3.8, 4) is 11.1 Å². The van der Waals surface area contributed by atoms with E-state index in [1.54, 1.807) is 6.92 Å². The van der Waals surface area contributed by atoms with Gasteiger partial charge in [0.2, 0.25) is 0 Å². The topological polar surface area (TPSA) is 37.4 Å². The number of amides is 1. The lowest BCUT2D eigenvalue weighted by atomic mass is 9.97. The number of hydrogen-bond acceptors (Lipinski definition) is 2. The Morgan fingerprint density at radius 1 is 0.821 bits per heavy atom. The Morgan fingerprint density at radius 2 is 1.43 bits per heavy atom. The predicted octanol–water partition coefficient (Wildman–Crippen LogP) is 5.46. The molecule has 1 heterocycles. The van der Waals surface area contributed by atoms with Gasteiger partial charge in [-0.2, -0.15) is 0 Å². The van der Waals surface area contributed by atoms with Gasteiger partial charge < -0.3 is 4.90 Å². The maximum absolute atomic E-state index is 13.1. The predicted molar refractivity (Wildman–Crippen MR) is 113 cm³/mol. The number of fused-ring (bicyclic) bond motifs is 1. The second-order valence-corrected chi connectivity index (χ2v) is 7.40. The van der Waals surface area contributed by atoms with Crippen molar-refractivity contribution < 1.29 is 9.59 Å². The SMILES string of the molecule is CC(=O)c1ccc2c(c1)CCCN2C(=O)c1ccc(-c2ccc(C)cc2)cc1. The summed E-state index contributed by atoms with van der Waals surface area (Å²) in [5.74, 6) is 0.0601. The average Bonchev–Trinajstić information content (AvgIpc) is 2.73. The van der Waals surface area contributed by atoms with E-state index >= 15 is 0 Å². The number of hydrogen-bond donors (Lipinski definition) is 0. The summed E-state index contributed by atoms with van der Waals surface area (Å²) in [6.07, 6.45) is 1.80. The molecular weight excluding hydrogens is 346 g/mol. The van der Waals surface area contributed by atoms with Gasteiger partial charge in [-0.15, -0.1) is 0 Å². The molecule has 0 aliphatic carbocycles. The molecule has 3 aromatic carbocycles. The molecule has 0 atom stereocenters. The van der Waals surface area contributed by atoms with Gasteiger partial charge in [-0.25, -0.2) is 0 Å². The molecule has 1 aliphatic heterocycles. The second kappa shape index (κ2) is 7.43. The molecule has 3 heteroatoms. The first-order valence-electron chi connectivity index (χ1n) is 9.66. The Morgan fingerprint density at radius 3 is 2.07 bits per heavy atom. The van der Waals surface area contributed by atoms with Crippen molar-refractivity contribution in [2.24, 2.45) is 0 Å². The second-order valence-electron chi connectivity index (χ2n) is 7.40. The summed E-state index contributed by atoms with van der Waals surface area (Å²) in [4.78, 5) is 26.6. The molecule has 0 radical (unpaired) electrons. The van der Waals surface area contributed by atoms with E-state index < -0.39 is 0 Å². The van der Waals surface area contributed by atoms with Crippen LogP contribution in [0.25, 0.3) is 11.1 Å². The van der Waals surface area contributed by atoms with Gasteiger partial charge >= 0.3 is 0 Å². The molecule has 0 N–H and O–H groups in total. The quantitative estimate of drug-likeness (QED) is 0.575. The first-order chi connectivity index (χ1) is 13.5. The van der Waals surface area contributed by atoms with Gasteiger partial charge in [-0.05, 0) is 73.7 Å². The summed E-state index contributed by atoms with van der Waals surface area (Å²) in [6.45, 7) is 4.34. The summed E-state index contributed by atoms with van der Waals surface area (Å²) >= 11 is 0. The molecule has 4 rings (SSSR count). The van der Waals surface area contributed by atoms with Crippen molar-refractivity contribution in [3.63, 3.8) is 0 Å². The molecule has 0 saturated heterocycles. The number of aryl methyl sites for hydroxylation is 2. The van der Waals surface area contributed by atoms with Crippen LogP contribution in [0.3, 0.4) is 0 Å². The lowest BCUT2D eigenvalue weighted by Crippen LogP contribution is -2.35. The van der Waals surface area contributed by atoms with Gasteiger partial charge in [0.1, 0.15) is 0 Å². The third-order valence-electron chi connectivity index (χ3n) is 5.37. The zero-order chi connectivity index (χ0) is 19.7. The monoisotopic (exact) mass is 369 g/mol. The minimum absolute atomic E-state index is 0.00646. The van der Waals surface area contributed by atoms with E-state index in [0.717, 1.165) is 35.2 Å². The first-order valence-corrected chi connectivity index (χ1v) is 9.66. The minimum atomic E-state index is 0.00646. The number of carbonyl (C=O) groups is 2. The van der Waals surface area contributed by atoms with Crippen LogP contribution in [0.1, 0.15) is 45.2 Å². The van der Waals surface area contributed by atoms with Crippen molar-refractivity contribution in [1.29, 1.82) is 0 Å². The van der Waals surface area contributed by atoms with Gasteiger partial charge in [0.25, 0.3) is 5.91 Å². The van der Waals surface area contributed by atoms with Crippen LogP contribution in [-0.2, 0) is 6.42 Å². The van der Waals surface area contributed by atoms with E-state index in [-0.39, 0.29) is 11.7 Å². The number of rotatable bonds is 3. The van der Waals surface area contributed by atoms with E-state index in [9.17, 15) is 9.59 Å². The zero-order valence-corrected chi connectivity index (χ0v) is 16.2. The number of anilines is 1. The fourth-order valence-electron chi connectivity index (χ4n) is 3.73. The third-order valence-corrected chi connectivity index (χ3v) is 5.37. The van der Waals surface area contributed by atoms with Crippen LogP contribution >= 0.6 is 0 Å². The molecule has 0 aromatic heterocycles. The van der Waals surface area contributed by atoms with E-state index in [1.807, 2.05) is 47.4 Å². The van der Waals surface area contributed by atoms with Gasteiger partial charge in [0.15, 0.2) is 5.78 Å². The molecule has 0 fully saturated rings. The molecule has 1 aliphatic rings. The van der Waals surface area contributed by atoms with Gasteiger partial charge in [-0.1, -0.05) is 42.0 Å². The highest BCUT2D eigenvalue weighted by Gasteiger charge is 2.24. The molecule has 3 nitrogen and oxygen atoms in total. The van der Waals surface area contributed by atoms with Crippen LogP contribution < -0.4 is 4.90 Å². The van der Waals surface area contributed by atoms with E-state index in [4.69, 9.17) is 0 Å². The normalized spacial score (nSPS) is 13.1. The van der Waals surface area contributed by atoms with Crippen LogP contribution in [0.15, 0.2) is 66.7 Å². The zero-order valence-electron chi connectivity index (χ0n) is 16.2. The molecule has 0 saturated carbocycles. The van der Waals surface area contributed by atoms with Crippen LogP contribution in [0, 0.1) is 6.92 Å². The molecule has 0 spiro atoms. The minimum Gasteiger partial charge on any atom is -0.308 e. The fourth-order valence-corrected chi connectivity index (χ4v) is 3.73. The van der Waals surface area contributed by atoms with E-state index in [0.29, 0.717) is 17.7 Å². The Kier molecular flexibility index (Phi) is 4.82. The van der Waals surface area contributed by atoms with Crippen molar-refractivity contribution in [2.45, 2.75) is 26.7 Å². The molecule has 140 valence electrons. The van der Waals surface area contributed by atoms with Crippen LogP contribution in [0.5, 0.6) is 0 Å². The lowest BCUT2D eigenvalue weighted by Gasteiger charge is -2.30. The summed E-state index contributed by atoms with van der Waals surface area (Å²) in [6, 6.07) is 21.8. The summed E-state index contributed by atoms with van der Waals surface area (Å²) in [7, 11) is 0. The largest absolute Gasteiger partial charge is 0.308 e. The molecule has 28 heavy (non-hydrogen) atoms. The molecular formula is C25H23NO2. The molecule has 0 bridgehead atoms. The molecule has 0 unspecified atom stereocenters. The Balaban J connectivity index is 1.60. The lowest BCUT2D eigenvalue weighted by molar-refractivity contribution is 0.0984. The van der Waals surface area contributed by atoms with Crippen LogP contribution in [0.2, 0.25) is 0 Å². The number of carbonyl (C=O) groups excluding carboxylic acids is 2. The van der Waals surface area contributed by atoms with E-state index in [1.165, 1.54) is 5.56 Å². The van der Waals surface area contributed by atoms with Crippen molar-refractivity contribution >= 4 is 17.4 Å². The molecule has 3 aromatic rings.